The molecule has 12 heteroatoms. The van der Waals surface area contributed by atoms with E-state index in [1.807, 2.05) is 37.2 Å². The van der Waals surface area contributed by atoms with Crippen molar-refractivity contribution in [1.29, 1.82) is 0 Å². The third-order valence-electron chi connectivity index (χ3n) is 8.96. The molecule has 0 spiro atoms. The summed E-state index contributed by atoms with van der Waals surface area (Å²) in [6, 6.07) is 10.5. The number of carbonyl (C=O) groups is 2. The van der Waals surface area contributed by atoms with Crippen molar-refractivity contribution < 1.29 is 19.2 Å². The summed E-state index contributed by atoms with van der Waals surface area (Å²) in [4.78, 5) is 48.4. The van der Waals surface area contributed by atoms with Gasteiger partial charge >= 0.3 is 0 Å². The minimum Gasteiger partial charge on any atom is -0.367 e. The predicted molar refractivity (Wildman–Crippen MR) is 182 cm³/mol. The highest BCUT2D eigenvalue weighted by atomic mass is 19.1. The summed E-state index contributed by atoms with van der Waals surface area (Å²) < 4.78 is 17.0. The number of allylic oxidation sites excluding steroid dienone is 1. The Morgan fingerprint density at radius 2 is 1.74 bits per heavy atom. The van der Waals surface area contributed by atoms with Gasteiger partial charge in [-0.2, -0.15) is 0 Å². The zero-order valence-corrected chi connectivity index (χ0v) is 27.4. The predicted octanol–water partition coefficient (Wildman–Crippen LogP) is 3.74. The Labute approximate surface area is 275 Å². The van der Waals surface area contributed by atoms with Crippen LogP contribution in [-0.4, -0.2) is 96.3 Å². The van der Waals surface area contributed by atoms with Crippen LogP contribution in [0.1, 0.15) is 66.7 Å². The number of carbonyl (C=O) groups excluding carboxylic acids is 2. The number of anilines is 1. The van der Waals surface area contributed by atoms with E-state index in [9.17, 15) is 14.4 Å². The first kappa shape index (κ1) is 34.2. The molecule has 3 N–H and O–H groups in total. The number of nitrogens with one attached hydrogen (secondary N) is 2. The quantitative estimate of drug-likeness (QED) is 0.138. The molecular formula is C35H46FN7O4. The third-order valence-corrected chi connectivity index (χ3v) is 8.96. The highest BCUT2D eigenvalue weighted by molar-refractivity contribution is 5.94. The van der Waals surface area contributed by atoms with E-state index in [0.29, 0.717) is 61.6 Å². The Balaban J connectivity index is 1.22. The number of hydroxylamine groups is 1. The van der Waals surface area contributed by atoms with Gasteiger partial charge in [-0.3, -0.25) is 29.1 Å². The second-order valence-corrected chi connectivity index (χ2v) is 12.7. The first-order chi connectivity index (χ1) is 22.7. The summed E-state index contributed by atoms with van der Waals surface area (Å²) in [5.41, 5.74) is 4.83. The first-order valence-corrected chi connectivity index (χ1v) is 16.6. The van der Waals surface area contributed by atoms with Crippen LogP contribution in [0.4, 0.5) is 10.1 Å². The normalized spacial score (nSPS) is 15.9. The van der Waals surface area contributed by atoms with Crippen molar-refractivity contribution in [2.45, 2.75) is 51.5 Å². The summed E-state index contributed by atoms with van der Waals surface area (Å²) >= 11 is 0. The number of halogens is 1. The van der Waals surface area contributed by atoms with Crippen LogP contribution < -0.4 is 21.3 Å². The Morgan fingerprint density at radius 3 is 2.47 bits per heavy atom. The van der Waals surface area contributed by atoms with Gasteiger partial charge in [-0.15, -0.1) is 0 Å². The Bertz CT molecular complexity index is 1650. The second-order valence-electron chi connectivity index (χ2n) is 12.7. The zero-order chi connectivity index (χ0) is 33.3. The van der Waals surface area contributed by atoms with Crippen molar-refractivity contribution in [1.82, 2.24) is 30.1 Å². The van der Waals surface area contributed by atoms with E-state index in [4.69, 9.17) is 10.2 Å². The lowest BCUT2D eigenvalue weighted by Gasteiger charge is -2.36. The molecule has 1 fully saturated rings. The fourth-order valence-corrected chi connectivity index (χ4v) is 6.28. The molecule has 0 radical (unpaired) electrons. The lowest BCUT2D eigenvalue weighted by molar-refractivity contribution is -0.129. The highest BCUT2D eigenvalue weighted by Crippen LogP contribution is 2.30. The van der Waals surface area contributed by atoms with Gasteiger partial charge in [0.15, 0.2) is 0 Å². The van der Waals surface area contributed by atoms with Crippen LogP contribution in [-0.2, 0) is 11.3 Å². The summed E-state index contributed by atoms with van der Waals surface area (Å²) in [7, 11) is 4.01. The smallest absolute Gasteiger partial charge is 0.261 e. The van der Waals surface area contributed by atoms with Crippen LogP contribution in [0.2, 0.25) is 0 Å². The number of amides is 2. The molecule has 0 unspecified atom stereocenters. The zero-order valence-electron chi connectivity index (χ0n) is 27.4. The molecule has 0 bridgehead atoms. The van der Waals surface area contributed by atoms with E-state index in [2.05, 4.69) is 15.1 Å². The average molecular weight is 648 g/mol. The average Bonchev–Trinajstić information content (AvgIpc) is 3.47. The van der Waals surface area contributed by atoms with Gasteiger partial charge in [-0.1, -0.05) is 25.0 Å². The Morgan fingerprint density at radius 1 is 1.00 bits per heavy atom. The number of fused-ring (bicyclic) bond motifs is 2. The molecule has 47 heavy (non-hydrogen) atoms. The molecule has 2 aliphatic rings. The molecule has 0 saturated carbocycles. The first-order valence-electron chi connectivity index (χ1n) is 16.6. The fourth-order valence-electron chi connectivity index (χ4n) is 6.28. The fraction of sp³-hybridized carbons (Fsp3) is 0.486. The number of hydrogen-bond donors (Lipinski definition) is 3. The largest absolute Gasteiger partial charge is 0.367 e. The SMILES string of the molecule is CN(C)CCCNC(=O)c1ccc(/C=C2\CCn3c2nc2cc(N4CCN(CCCCCCC(=O)NO)CC4)c(F)cc2c3=O)cc1. The summed E-state index contributed by atoms with van der Waals surface area (Å²) in [5, 5.41) is 11.8. The minimum absolute atomic E-state index is 0.0997. The molecule has 0 atom stereocenters. The summed E-state index contributed by atoms with van der Waals surface area (Å²) in [5.74, 6) is -0.255. The van der Waals surface area contributed by atoms with E-state index in [1.54, 1.807) is 28.2 Å². The number of aromatic nitrogens is 2. The Kier molecular flexibility index (Phi) is 11.7. The van der Waals surface area contributed by atoms with Crippen LogP contribution >= 0.6 is 0 Å². The highest BCUT2D eigenvalue weighted by Gasteiger charge is 2.24. The van der Waals surface area contributed by atoms with Gasteiger partial charge in [0.2, 0.25) is 5.91 Å². The Hall–Kier alpha value is -4.13. The number of unbranched alkanes of at least 4 members (excludes halogenated alkanes) is 3. The van der Waals surface area contributed by atoms with Crippen LogP contribution in [0.3, 0.4) is 0 Å². The van der Waals surface area contributed by atoms with E-state index in [1.165, 1.54) is 6.07 Å². The maximum absolute atomic E-state index is 15.4. The summed E-state index contributed by atoms with van der Waals surface area (Å²) in [6.45, 7) is 5.95. The lowest BCUT2D eigenvalue weighted by Crippen LogP contribution is -2.47. The molecule has 3 aromatic rings. The third kappa shape index (κ3) is 8.82. The van der Waals surface area contributed by atoms with Crippen LogP contribution in [0.15, 0.2) is 41.2 Å². The van der Waals surface area contributed by atoms with Crippen molar-refractivity contribution >= 4 is 40.1 Å². The topological polar surface area (TPSA) is 123 Å². The van der Waals surface area contributed by atoms with E-state index < -0.39 is 5.82 Å². The van der Waals surface area contributed by atoms with Gasteiger partial charge in [0.25, 0.3) is 11.5 Å². The van der Waals surface area contributed by atoms with Crippen molar-refractivity contribution in [2.24, 2.45) is 0 Å². The van der Waals surface area contributed by atoms with E-state index in [0.717, 1.165) is 69.4 Å². The number of hydrogen-bond acceptors (Lipinski definition) is 8. The minimum atomic E-state index is -0.409. The van der Waals surface area contributed by atoms with Crippen molar-refractivity contribution in [3.05, 3.63) is 69.5 Å². The van der Waals surface area contributed by atoms with E-state index in [-0.39, 0.29) is 22.8 Å². The van der Waals surface area contributed by atoms with Crippen molar-refractivity contribution in [3.63, 3.8) is 0 Å². The molecule has 0 aliphatic carbocycles. The molecule has 2 aromatic carbocycles. The lowest BCUT2D eigenvalue weighted by atomic mass is 10.1. The molecule has 3 heterocycles. The van der Waals surface area contributed by atoms with Gasteiger partial charge < -0.3 is 15.1 Å². The van der Waals surface area contributed by atoms with Crippen molar-refractivity contribution in [3.8, 4) is 0 Å². The molecule has 5 rings (SSSR count). The van der Waals surface area contributed by atoms with Crippen LogP contribution in [0.5, 0.6) is 0 Å². The number of benzene rings is 2. The monoisotopic (exact) mass is 647 g/mol. The van der Waals surface area contributed by atoms with Gasteiger partial charge in [0.05, 0.1) is 16.6 Å². The van der Waals surface area contributed by atoms with Gasteiger partial charge in [0, 0.05) is 51.3 Å². The molecule has 252 valence electrons. The van der Waals surface area contributed by atoms with Gasteiger partial charge in [0.1, 0.15) is 11.6 Å². The maximum Gasteiger partial charge on any atom is 0.261 e. The summed E-state index contributed by atoms with van der Waals surface area (Å²) in [6.07, 6.45) is 7.59. The van der Waals surface area contributed by atoms with Crippen LogP contribution in [0, 0.1) is 5.82 Å². The van der Waals surface area contributed by atoms with Crippen molar-refractivity contribution in [2.75, 3.05) is 64.8 Å². The molecular weight excluding hydrogens is 601 g/mol. The molecule has 1 aromatic heterocycles. The molecule has 1 saturated heterocycles. The molecule has 2 amide bonds. The van der Waals surface area contributed by atoms with Crippen LogP contribution in [0.25, 0.3) is 22.6 Å². The molecule has 11 nitrogen and oxygen atoms in total. The number of rotatable bonds is 14. The van der Waals surface area contributed by atoms with Gasteiger partial charge in [-0.05, 0) is 94.3 Å². The standard InChI is InChI=1S/C35H46FN7O4/c1-40(2)15-7-14-37-34(45)26-11-9-25(10-12-26)22-27-13-17-43-33(27)38-30-24-31(29(36)23-28(30)35(43)46)42-20-18-41(19-21-42)16-6-4-3-5-8-32(44)39-47/h9-12,22-24,47H,3-8,13-21H2,1-2H3,(H,37,45)(H,39,44)/b27-22+. The number of piperazine rings is 1. The maximum atomic E-state index is 15.4. The van der Waals surface area contributed by atoms with E-state index >= 15 is 4.39 Å². The molecule has 2 aliphatic heterocycles. The number of nitrogens with zero attached hydrogens (tertiary/aromatic N) is 5. The second kappa shape index (κ2) is 16.1. The van der Waals surface area contributed by atoms with Gasteiger partial charge in [-0.25, -0.2) is 14.9 Å².